The zero-order valence-corrected chi connectivity index (χ0v) is 7.97. The largest absolute Gasteiger partial charge is 0.198 e. The van der Waals surface area contributed by atoms with Crippen LogP contribution in [0.15, 0.2) is 18.2 Å². The summed E-state index contributed by atoms with van der Waals surface area (Å²) in [4.78, 5) is 0. The third-order valence-electron chi connectivity index (χ3n) is 1.83. The van der Waals surface area contributed by atoms with Crippen molar-refractivity contribution in [3.05, 3.63) is 34.3 Å². The molecule has 1 aromatic carbocycles. The molecule has 0 bridgehead atoms. The summed E-state index contributed by atoms with van der Waals surface area (Å²) in [5.74, 6) is 2.32. The fraction of sp³-hybridized carbons (Fsp3) is 0.182. The molecule has 0 aromatic heterocycles. The summed E-state index contributed by atoms with van der Waals surface area (Å²) in [6.45, 7) is 1.81. The Bertz CT molecular complexity index is 396. The minimum absolute atomic E-state index is 0.191. The van der Waals surface area contributed by atoms with Gasteiger partial charge in [-0.05, 0) is 24.6 Å². The summed E-state index contributed by atoms with van der Waals surface area (Å²) < 4.78 is 0. The van der Waals surface area contributed by atoms with Crippen LogP contribution in [0.4, 0.5) is 0 Å². The third kappa shape index (κ3) is 2.02. The average Bonchev–Trinajstić information content (AvgIpc) is 2.16. The summed E-state index contributed by atoms with van der Waals surface area (Å²) in [5.41, 5.74) is 1.55. The van der Waals surface area contributed by atoms with Gasteiger partial charge in [0.1, 0.15) is 0 Å². The predicted octanol–water partition coefficient (Wildman–Crippen LogP) is 2.95. The molecule has 1 unspecified atom stereocenters. The van der Waals surface area contributed by atoms with E-state index in [1.54, 1.807) is 18.2 Å². The maximum atomic E-state index is 8.73. The molecule has 0 saturated carbocycles. The van der Waals surface area contributed by atoms with Gasteiger partial charge >= 0.3 is 0 Å². The van der Waals surface area contributed by atoms with Gasteiger partial charge < -0.3 is 0 Å². The lowest BCUT2D eigenvalue weighted by Crippen LogP contribution is -1.93. The van der Waals surface area contributed by atoms with Crippen LogP contribution in [0.5, 0.6) is 0 Å². The van der Waals surface area contributed by atoms with Crippen LogP contribution >= 0.6 is 11.6 Å². The van der Waals surface area contributed by atoms with E-state index in [1.165, 1.54) is 0 Å². The molecule has 13 heavy (non-hydrogen) atoms. The molecule has 1 rings (SSSR count). The van der Waals surface area contributed by atoms with Crippen LogP contribution in [-0.2, 0) is 0 Å². The smallest absolute Gasteiger partial charge is 0.0701 e. The highest BCUT2D eigenvalue weighted by atomic mass is 35.5. The van der Waals surface area contributed by atoms with Crippen molar-refractivity contribution in [1.82, 2.24) is 0 Å². The Hall–Kier alpha value is -1.44. The Morgan fingerprint density at radius 3 is 2.77 bits per heavy atom. The van der Waals surface area contributed by atoms with E-state index in [2.05, 4.69) is 12.0 Å². The van der Waals surface area contributed by atoms with Crippen molar-refractivity contribution in [2.75, 3.05) is 0 Å². The quantitative estimate of drug-likeness (QED) is 0.624. The van der Waals surface area contributed by atoms with E-state index in [9.17, 15) is 0 Å². The Balaban J connectivity index is 3.25. The predicted molar refractivity (Wildman–Crippen MR) is 53.4 cm³/mol. The lowest BCUT2D eigenvalue weighted by Gasteiger charge is -2.05. The van der Waals surface area contributed by atoms with Crippen molar-refractivity contribution in [2.45, 2.75) is 12.8 Å². The number of rotatable bonds is 1. The van der Waals surface area contributed by atoms with Crippen molar-refractivity contribution < 1.29 is 0 Å². The molecule has 0 radical (unpaired) electrons. The van der Waals surface area contributed by atoms with Gasteiger partial charge in [0, 0.05) is 10.6 Å². The van der Waals surface area contributed by atoms with Gasteiger partial charge in [-0.3, -0.25) is 0 Å². The van der Waals surface area contributed by atoms with Gasteiger partial charge in [-0.1, -0.05) is 23.6 Å². The van der Waals surface area contributed by atoms with Gasteiger partial charge in [-0.15, -0.1) is 6.42 Å². The molecule has 1 nitrogen and oxygen atoms in total. The van der Waals surface area contributed by atoms with Gasteiger partial charge in [0.2, 0.25) is 0 Å². The van der Waals surface area contributed by atoms with Crippen LogP contribution < -0.4 is 0 Å². The summed E-state index contributed by atoms with van der Waals surface area (Å²) in [7, 11) is 0. The molecule has 1 aromatic rings. The molecule has 0 aliphatic heterocycles. The number of hydrogen-bond donors (Lipinski definition) is 0. The van der Waals surface area contributed by atoms with Crippen molar-refractivity contribution in [3.63, 3.8) is 0 Å². The first kappa shape index (κ1) is 9.65. The Morgan fingerprint density at radius 2 is 2.23 bits per heavy atom. The Morgan fingerprint density at radius 1 is 1.54 bits per heavy atom. The Kier molecular flexibility index (Phi) is 2.96. The average molecular weight is 190 g/mol. The van der Waals surface area contributed by atoms with Crippen LogP contribution in [0.1, 0.15) is 24.0 Å². The normalized spacial score (nSPS) is 11.4. The molecule has 2 heteroatoms. The van der Waals surface area contributed by atoms with Gasteiger partial charge in [0.05, 0.1) is 12.0 Å². The van der Waals surface area contributed by atoms with Crippen molar-refractivity contribution in [1.29, 1.82) is 5.26 Å². The molecule has 0 amide bonds. The molecule has 0 aliphatic carbocycles. The minimum atomic E-state index is -0.191. The summed E-state index contributed by atoms with van der Waals surface area (Å²) in [5, 5.41) is 9.32. The second kappa shape index (κ2) is 3.99. The second-order valence-corrected chi connectivity index (χ2v) is 3.16. The highest BCUT2D eigenvalue weighted by molar-refractivity contribution is 6.30. The molecular formula is C11H8ClN. The molecule has 64 valence electrons. The van der Waals surface area contributed by atoms with E-state index in [4.69, 9.17) is 23.3 Å². The van der Waals surface area contributed by atoms with Crippen LogP contribution in [-0.4, -0.2) is 0 Å². The summed E-state index contributed by atoms with van der Waals surface area (Å²) in [6.07, 6.45) is 5.29. The van der Waals surface area contributed by atoms with Crippen LogP contribution in [0.3, 0.4) is 0 Å². The number of benzene rings is 1. The SMILES string of the molecule is C#Cc1cc(Cl)ccc1C(C)C#N. The Labute approximate surface area is 83.0 Å². The first-order valence-corrected chi connectivity index (χ1v) is 4.22. The van der Waals surface area contributed by atoms with Gasteiger partial charge in [-0.2, -0.15) is 5.26 Å². The lowest BCUT2D eigenvalue weighted by atomic mass is 9.97. The monoisotopic (exact) mass is 189 g/mol. The number of nitriles is 1. The van der Waals surface area contributed by atoms with E-state index >= 15 is 0 Å². The van der Waals surface area contributed by atoms with E-state index in [0.717, 1.165) is 5.56 Å². The molecular weight excluding hydrogens is 182 g/mol. The molecule has 0 aliphatic rings. The maximum absolute atomic E-state index is 8.73. The fourth-order valence-corrected chi connectivity index (χ4v) is 1.27. The zero-order chi connectivity index (χ0) is 9.84. The van der Waals surface area contributed by atoms with Crippen LogP contribution in [0.2, 0.25) is 5.02 Å². The molecule has 0 heterocycles. The van der Waals surface area contributed by atoms with Crippen molar-refractivity contribution >= 4 is 11.6 Å². The lowest BCUT2D eigenvalue weighted by molar-refractivity contribution is 0.977. The van der Waals surface area contributed by atoms with E-state index in [1.807, 2.05) is 6.92 Å². The van der Waals surface area contributed by atoms with Gasteiger partial charge in [0.15, 0.2) is 0 Å². The minimum Gasteiger partial charge on any atom is -0.198 e. The first-order valence-electron chi connectivity index (χ1n) is 3.84. The standard InChI is InChI=1S/C11H8ClN/c1-3-9-6-10(12)4-5-11(9)8(2)7-13/h1,4-6,8H,2H3. The van der Waals surface area contributed by atoms with E-state index < -0.39 is 0 Å². The topological polar surface area (TPSA) is 23.8 Å². The number of halogens is 1. The van der Waals surface area contributed by atoms with Gasteiger partial charge in [0.25, 0.3) is 0 Å². The van der Waals surface area contributed by atoms with Crippen LogP contribution in [0.25, 0.3) is 0 Å². The molecule has 1 atom stereocenters. The highest BCUT2D eigenvalue weighted by Crippen LogP contribution is 2.22. The van der Waals surface area contributed by atoms with Gasteiger partial charge in [-0.25, -0.2) is 0 Å². The van der Waals surface area contributed by atoms with E-state index in [0.29, 0.717) is 10.6 Å². The second-order valence-electron chi connectivity index (χ2n) is 2.73. The van der Waals surface area contributed by atoms with Crippen LogP contribution in [0, 0.1) is 23.7 Å². The molecule has 0 saturated heterocycles. The van der Waals surface area contributed by atoms with E-state index in [-0.39, 0.29) is 5.92 Å². The molecule has 0 N–H and O–H groups in total. The zero-order valence-electron chi connectivity index (χ0n) is 7.21. The number of nitrogens with zero attached hydrogens (tertiary/aromatic N) is 1. The maximum Gasteiger partial charge on any atom is 0.0701 e. The summed E-state index contributed by atoms with van der Waals surface area (Å²) >= 11 is 5.76. The number of terminal acetylenes is 1. The molecule has 0 fully saturated rings. The summed E-state index contributed by atoms with van der Waals surface area (Å²) in [6, 6.07) is 7.37. The van der Waals surface area contributed by atoms with Crippen molar-refractivity contribution in [3.8, 4) is 18.4 Å². The first-order chi connectivity index (χ1) is 6.19. The highest BCUT2D eigenvalue weighted by Gasteiger charge is 2.08. The number of hydrogen-bond acceptors (Lipinski definition) is 1. The third-order valence-corrected chi connectivity index (χ3v) is 2.07. The molecule has 0 spiro atoms. The fourth-order valence-electron chi connectivity index (χ4n) is 1.10. The van der Waals surface area contributed by atoms with Crippen molar-refractivity contribution in [2.24, 2.45) is 0 Å².